The van der Waals surface area contributed by atoms with Crippen LogP contribution < -0.4 is 5.32 Å². The molecule has 0 aromatic heterocycles. The third kappa shape index (κ3) is 4.66. The van der Waals surface area contributed by atoms with Crippen LogP contribution in [0.4, 0.5) is 0 Å². The zero-order valence-corrected chi connectivity index (χ0v) is 10.1. The average Bonchev–Trinajstić information content (AvgIpc) is 2.06. The van der Waals surface area contributed by atoms with E-state index >= 15 is 0 Å². The molecule has 0 bridgehead atoms. The fourth-order valence-electron chi connectivity index (χ4n) is 2.33. The zero-order valence-electron chi connectivity index (χ0n) is 10.1. The molecule has 0 aromatic rings. The first-order valence-corrected chi connectivity index (χ1v) is 5.87. The van der Waals surface area contributed by atoms with E-state index in [9.17, 15) is 0 Å². The van der Waals surface area contributed by atoms with Crippen molar-refractivity contribution in [3.63, 3.8) is 0 Å². The summed E-state index contributed by atoms with van der Waals surface area (Å²) in [4.78, 5) is 0. The molecule has 80 valence electrons. The third-order valence-electron chi connectivity index (χ3n) is 2.66. The van der Waals surface area contributed by atoms with Crippen LogP contribution >= 0.6 is 0 Å². The Kier molecular flexibility index (Phi) is 6.40. The van der Waals surface area contributed by atoms with Crippen molar-refractivity contribution in [1.82, 2.24) is 5.32 Å². The van der Waals surface area contributed by atoms with E-state index < -0.39 is 0 Å². The molecule has 1 aliphatic carbocycles. The Bertz CT molecular complexity index is 114. The van der Waals surface area contributed by atoms with Crippen LogP contribution in [0, 0.1) is 11.3 Å². The molecule has 0 aromatic carbocycles. The van der Waals surface area contributed by atoms with E-state index in [1.165, 1.54) is 32.4 Å². The van der Waals surface area contributed by atoms with Crippen LogP contribution in [0.2, 0.25) is 0 Å². The highest BCUT2D eigenvalue weighted by Gasteiger charge is 2.36. The largest absolute Gasteiger partial charge is 0.316 e. The van der Waals surface area contributed by atoms with Crippen LogP contribution in [-0.4, -0.2) is 13.1 Å². The van der Waals surface area contributed by atoms with E-state index in [2.05, 4.69) is 26.1 Å². The molecular formula is C12H27N. The lowest BCUT2D eigenvalue weighted by Crippen LogP contribution is -2.41. The second-order valence-corrected chi connectivity index (χ2v) is 4.50. The highest BCUT2D eigenvalue weighted by molar-refractivity contribution is 4.89. The maximum Gasteiger partial charge on any atom is 0.000536 e. The van der Waals surface area contributed by atoms with Gasteiger partial charge in [-0.05, 0) is 37.1 Å². The Morgan fingerprint density at radius 1 is 1.31 bits per heavy atom. The molecule has 13 heavy (non-hydrogen) atoms. The van der Waals surface area contributed by atoms with Gasteiger partial charge in [0.1, 0.15) is 0 Å². The van der Waals surface area contributed by atoms with Gasteiger partial charge in [0.25, 0.3) is 0 Å². The summed E-state index contributed by atoms with van der Waals surface area (Å²) < 4.78 is 0. The minimum absolute atomic E-state index is 0.634. The number of nitrogens with one attached hydrogen (secondary N) is 1. The molecule has 1 fully saturated rings. The van der Waals surface area contributed by atoms with Crippen LogP contribution in [0.5, 0.6) is 0 Å². The molecule has 0 radical (unpaired) electrons. The molecule has 0 amide bonds. The number of rotatable bonds is 4. The Balaban J connectivity index is 0.000000671. The van der Waals surface area contributed by atoms with Gasteiger partial charge in [-0.25, -0.2) is 0 Å². The van der Waals surface area contributed by atoms with E-state index in [1.807, 2.05) is 13.8 Å². The molecule has 0 atom stereocenters. The predicted molar refractivity (Wildman–Crippen MR) is 61.0 cm³/mol. The van der Waals surface area contributed by atoms with Crippen molar-refractivity contribution in [1.29, 1.82) is 0 Å². The molecule has 1 nitrogen and oxygen atoms in total. The second kappa shape index (κ2) is 6.42. The van der Waals surface area contributed by atoms with Crippen LogP contribution in [-0.2, 0) is 0 Å². The van der Waals surface area contributed by atoms with Crippen molar-refractivity contribution in [3.8, 4) is 0 Å². The van der Waals surface area contributed by atoms with Gasteiger partial charge in [0.15, 0.2) is 0 Å². The number of hydrogen-bond donors (Lipinski definition) is 1. The smallest absolute Gasteiger partial charge is 0.000536 e. The molecule has 1 aliphatic rings. The lowest BCUT2D eigenvalue weighted by Gasteiger charge is -2.44. The summed E-state index contributed by atoms with van der Waals surface area (Å²) in [6.07, 6.45) is 4.10. The maximum atomic E-state index is 3.50. The first-order valence-electron chi connectivity index (χ1n) is 5.87. The maximum absolute atomic E-state index is 3.50. The van der Waals surface area contributed by atoms with Gasteiger partial charge in [-0.1, -0.05) is 34.6 Å². The summed E-state index contributed by atoms with van der Waals surface area (Å²) in [6.45, 7) is 13.4. The summed E-state index contributed by atoms with van der Waals surface area (Å²) in [5, 5.41) is 3.50. The van der Waals surface area contributed by atoms with Crippen LogP contribution in [0.15, 0.2) is 0 Å². The summed E-state index contributed by atoms with van der Waals surface area (Å²) >= 11 is 0. The van der Waals surface area contributed by atoms with Crippen LogP contribution in [0.25, 0.3) is 0 Å². The lowest BCUT2D eigenvalue weighted by atomic mass is 9.64. The molecule has 0 saturated heterocycles. The minimum atomic E-state index is 0.634. The van der Waals surface area contributed by atoms with Gasteiger partial charge in [0.05, 0.1) is 0 Å². The summed E-state index contributed by atoms with van der Waals surface area (Å²) in [7, 11) is 0. The van der Waals surface area contributed by atoms with Gasteiger partial charge in [0.2, 0.25) is 0 Å². The van der Waals surface area contributed by atoms with Gasteiger partial charge in [-0.15, -0.1) is 0 Å². The molecule has 1 N–H and O–H groups in total. The fraction of sp³-hybridized carbons (Fsp3) is 1.00. The standard InChI is InChI=1S/C10H21N.C2H6/c1-4-5-11-8-10(3)6-9(2)7-10;1-2/h9,11H,4-8H2,1-3H3;1-2H3. The monoisotopic (exact) mass is 185 g/mol. The van der Waals surface area contributed by atoms with Crippen molar-refractivity contribution in [2.24, 2.45) is 11.3 Å². The Labute approximate surface area is 84.3 Å². The van der Waals surface area contributed by atoms with E-state index in [1.54, 1.807) is 0 Å². The molecule has 0 aliphatic heterocycles. The van der Waals surface area contributed by atoms with Crippen molar-refractivity contribution in [2.45, 2.75) is 53.9 Å². The Hall–Kier alpha value is -0.0400. The first kappa shape index (κ1) is 13.0. The number of hydrogen-bond acceptors (Lipinski definition) is 1. The normalized spacial score (nSPS) is 31.6. The van der Waals surface area contributed by atoms with E-state index in [0.717, 1.165) is 5.92 Å². The summed E-state index contributed by atoms with van der Waals surface area (Å²) in [5.74, 6) is 0.975. The topological polar surface area (TPSA) is 12.0 Å². The van der Waals surface area contributed by atoms with Crippen LogP contribution in [0.3, 0.4) is 0 Å². The predicted octanol–water partition coefficient (Wildman–Crippen LogP) is 3.45. The zero-order chi connectivity index (χ0) is 10.3. The lowest BCUT2D eigenvalue weighted by molar-refractivity contribution is 0.0873. The van der Waals surface area contributed by atoms with E-state index in [4.69, 9.17) is 0 Å². The molecule has 1 saturated carbocycles. The van der Waals surface area contributed by atoms with Gasteiger partial charge in [0, 0.05) is 6.54 Å². The molecule has 1 heteroatoms. The third-order valence-corrected chi connectivity index (χ3v) is 2.66. The Morgan fingerprint density at radius 2 is 1.85 bits per heavy atom. The van der Waals surface area contributed by atoms with Gasteiger partial charge in [-0.3, -0.25) is 0 Å². The molecule has 1 rings (SSSR count). The Morgan fingerprint density at radius 3 is 2.23 bits per heavy atom. The van der Waals surface area contributed by atoms with Gasteiger partial charge < -0.3 is 5.32 Å². The highest BCUT2D eigenvalue weighted by Crippen LogP contribution is 2.44. The molecular weight excluding hydrogens is 158 g/mol. The molecule has 0 spiro atoms. The van der Waals surface area contributed by atoms with E-state index in [-0.39, 0.29) is 0 Å². The van der Waals surface area contributed by atoms with Crippen molar-refractivity contribution in [2.75, 3.05) is 13.1 Å². The average molecular weight is 185 g/mol. The van der Waals surface area contributed by atoms with E-state index in [0.29, 0.717) is 5.41 Å². The SMILES string of the molecule is CC.CCCNCC1(C)CC(C)C1. The van der Waals surface area contributed by atoms with Crippen molar-refractivity contribution < 1.29 is 0 Å². The summed E-state index contributed by atoms with van der Waals surface area (Å²) in [5.41, 5.74) is 0.634. The van der Waals surface area contributed by atoms with Crippen molar-refractivity contribution >= 4 is 0 Å². The molecule has 0 heterocycles. The van der Waals surface area contributed by atoms with Crippen molar-refractivity contribution in [3.05, 3.63) is 0 Å². The molecule has 0 unspecified atom stereocenters. The van der Waals surface area contributed by atoms with Gasteiger partial charge in [-0.2, -0.15) is 0 Å². The minimum Gasteiger partial charge on any atom is -0.316 e. The second-order valence-electron chi connectivity index (χ2n) is 4.50. The van der Waals surface area contributed by atoms with Gasteiger partial charge >= 0.3 is 0 Å². The summed E-state index contributed by atoms with van der Waals surface area (Å²) in [6, 6.07) is 0. The van der Waals surface area contributed by atoms with Crippen LogP contribution in [0.1, 0.15) is 53.9 Å². The highest BCUT2D eigenvalue weighted by atomic mass is 14.9. The fourth-order valence-corrected chi connectivity index (χ4v) is 2.33. The quantitative estimate of drug-likeness (QED) is 0.662. The first-order chi connectivity index (χ1) is 6.16.